The van der Waals surface area contributed by atoms with Gasteiger partial charge in [-0.3, -0.25) is 14.4 Å². The van der Waals surface area contributed by atoms with E-state index in [2.05, 4.69) is 23.5 Å². The number of terminal acetylenes is 1. The normalized spacial score (nSPS) is 17.6. The van der Waals surface area contributed by atoms with Gasteiger partial charge in [-0.2, -0.15) is 0 Å². The Morgan fingerprint density at radius 1 is 1.16 bits per heavy atom. The minimum Gasteiger partial charge on any atom is -0.374 e. The van der Waals surface area contributed by atoms with E-state index in [-0.39, 0.29) is 37.4 Å². The van der Waals surface area contributed by atoms with Gasteiger partial charge in [-0.15, -0.1) is 12.8 Å². The van der Waals surface area contributed by atoms with E-state index in [9.17, 15) is 18.8 Å². The van der Waals surface area contributed by atoms with Gasteiger partial charge in [0.15, 0.2) is 0 Å². The highest BCUT2D eigenvalue weighted by atomic mass is 19.1. The first-order valence-electron chi connectivity index (χ1n) is 14.8. The van der Waals surface area contributed by atoms with Gasteiger partial charge < -0.3 is 26.0 Å². The Balaban J connectivity index is 0.00000316. The Labute approximate surface area is 256 Å². The zero-order chi connectivity index (χ0) is 32.2. The van der Waals surface area contributed by atoms with Crippen molar-refractivity contribution in [3.8, 4) is 12.8 Å². The Hall–Kier alpha value is -3.74. The van der Waals surface area contributed by atoms with Crippen LogP contribution in [0.15, 0.2) is 65.0 Å². The molecular weight excluding hydrogens is 547 g/mol. The molecule has 1 aliphatic heterocycles. The number of halogens is 1. The molecule has 3 amide bonds. The summed E-state index contributed by atoms with van der Waals surface area (Å²) in [5.74, 6) is -1.36. The predicted molar refractivity (Wildman–Crippen MR) is 168 cm³/mol. The summed E-state index contributed by atoms with van der Waals surface area (Å²) < 4.78 is 19.4. The largest absolute Gasteiger partial charge is 0.374 e. The second-order valence-corrected chi connectivity index (χ2v) is 11.7. The summed E-state index contributed by atoms with van der Waals surface area (Å²) in [6.07, 6.45) is 15.5. The number of carbonyl (C=O) groups excluding carboxylic acids is 3. The fourth-order valence-electron chi connectivity index (χ4n) is 5.43. The molecule has 2 aliphatic rings. The Morgan fingerprint density at radius 3 is 2.35 bits per heavy atom. The summed E-state index contributed by atoms with van der Waals surface area (Å²) in [6.45, 7) is 8.95. The molecule has 0 aromatic heterocycles. The van der Waals surface area contributed by atoms with Gasteiger partial charge in [0.2, 0.25) is 11.8 Å². The highest BCUT2D eigenvalue weighted by Crippen LogP contribution is 2.42. The van der Waals surface area contributed by atoms with Crippen LogP contribution < -0.4 is 16.4 Å². The van der Waals surface area contributed by atoms with Crippen molar-refractivity contribution >= 4 is 17.7 Å². The summed E-state index contributed by atoms with van der Waals surface area (Å²) in [7, 11) is 0. The molecule has 0 bridgehead atoms. The number of nitrogens with two attached hydrogens (primary N) is 1. The van der Waals surface area contributed by atoms with Gasteiger partial charge in [-0.25, -0.2) is 4.39 Å². The van der Waals surface area contributed by atoms with E-state index in [1.807, 2.05) is 37.3 Å². The van der Waals surface area contributed by atoms with Crippen molar-refractivity contribution in [1.82, 2.24) is 15.5 Å². The number of hydrogen-bond acceptors (Lipinski definition) is 5. The lowest BCUT2D eigenvalue weighted by atomic mass is 9.76. The highest BCUT2D eigenvalue weighted by molar-refractivity contribution is 6.03. The van der Waals surface area contributed by atoms with E-state index >= 15 is 0 Å². The number of allylic oxidation sites excluding steroid dienone is 3. The van der Waals surface area contributed by atoms with Crippen LogP contribution in [0.2, 0.25) is 0 Å². The average molecular weight is 595 g/mol. The number of benzene rings is 1. The van der Waals surface area contributed by atoms with Gasteiger partial charge in [-0.05, 0) is 70.2 Å². The molecule has 43 heavy (non-hydrogen) atoms. The number of carbonyl (C=O) groups is 3. The zero-order valence-electron chi connectivity index (χ0n) is 26.2. The van der Waals surface area contributed by atoms with E-state index < -0.39 is 23.0 Å². The lowest BCUT2D eigenvalue weighted by molar-refractivity contribution is -0.139. The van der Waals surface area contributed by atoms with Gasteiger partial charge in [0.1, 0.15) is 6.04 Å². The molecule has 1 aromatic rings. The van der Waals surface area contributed by atoms with Crippen LogP contribution in [0.3, 0.4) is 0 Å². The van der Waals surface area contributed by atoms with Crippen molar-refractivity contribution in [1.29, 1.82) is 0 Å². The number of rotatable bonds is 12. The van der Waals surface area contributed by atoms with Crippen LogP contribution in [-0.2, 0) is 25.7 Å². The molecule has 1 aliphatic carbocycles. The van der Waals surface area contributed by atoms with Crippen molar-refractivity contribution in [2.75, 3.05) is 19.7 Å². The molecule has 0 radical (unpaired) electrons. The van der Waals surface area contributed by atoms with Gasteiger partial charge in [0.25, 0.3) is 5.91 Å². The summed E-state index contributed by atoms with van der Waals surface area (Å²) >= 11 is 0. The maximum absolute atomic E-state index is 14.0. The van der Waals surface area contributed by atoms with Crippen LogP contribution in [0.1, 0.15) is 72.3 Å². The molecule has 1 saturated carbocycles. The smallest absolute Gasteiger partial charge is 0.252 e. The molecule has 0 unspecified atom stereocenters. The standard InChI is InChI=1S/C32H45FN4O4.C2H2/c1-6-37(29(39)26(35-30(40)31(4,5)34)21-41-20-24-13-9-7-10-14-24)19-25-27(22(2)15-16-23(3)33)28(38)36-32(25)17-11-8-12-18-32;1-2/h7,9-10,13-16,26H,6,8,11-12,17-21,34H2,1-5H3,(H,35,40)(H,36,38);1-2H/b22-15+,23-16+;/t26-;/m1./s1. The van der Waals surface area contributed by atoms with Crippen LogP contribution in [0.5, 0.6) is 0 Å². The molecule has 3 rings (SSSR count). The number of nitrogens with one attached hydrogen (secondary N) is 2. The number of likely N-dealkylation sites (N-methyl/N-ethyl adjacent to an activating group) is 1. The molecule has 1 atom stereocenters. The van der Waals surface area contributed by atoms with E-state index in [1.54, 1.807) is 31.7 Å². The van der Waals surface area contributed by atoms with Gasteiger partial charge in [0.05, 0.1) is 30.1 Å². The SMILES string of the molecule is C#C.CCN(CC1=C(/C(C)=C/C=C(\C)F)C(=O)NC12CCCCC2)C(=O)[C@@H](COCc1ccccc1)NC(=O)C(C)(C)N. The first-order chi connectivity index (χ1) is 20.4. The maximum atomic E-state index is 14.0. The minimum atomic E-state index is -1.19. The Kier molecular flexibility index (Phi) is 13.4. The number of hydrogen-bond donors (Lipinski definition) is 3. The van der Waals surface area contributed by atoms with Gasteiger partial charge in [0, 0.05) is 18.7 Å². The lowest BCUT2D eigenvalue weighted by Gasteiger charge is -2.38. The molecule has 1 heterocycles. The van der Waals surface area contributed by atoms with E-state index in [0.717, 1.165) is 43.2 Å². The molecule has 8 nitrogen and oxygen atoms in total. The number of amides is 3. The summed E-state index contributed by atoms with van der Waals surface area (Å²) in [5, 5.41) is 6.01. The monoisotopic (exact) mass is 594 g/mol. The first kappa shape index (κ1) is 35.5. The molecule has 9 heteroatoms. The third-order valence-corrected chi connectivity index (χ3v) is 7.75. The predicted octanol–water partition coefficient (Wildman–Crippen LogP) is 4.47. The zero-order valence-corrected chi connectivity index (χ0v) is 26.2. The van der Waals surface area contributed by atoms with Crippen molar-refractivity contribution in [3.63, 3.8) is 0 Å². The van der Waals surface area contributed by atoms with Crippen LogP contribution in [0.4, 0.5) is 4.39 Å². The summed E-state index contributed by atoms with van der Waals surface area (Å²) in [6, 6.07) is 8.60. The fraction of sp³-hybridized carbons (Fsp3) is 0.500. The third kappa shape index (κ3) is 9.63. The molecule has 4 N–H and O–H groups in total. The first-order valence-corrected chi connectivity index (χ1v) is 14.8. The van der Waals surface area contributed by atoms with Crippen molar-refractivity contribution in [2.45, 2.75) is 90.4 Å². The summed E-state index contributed by atoms with van der Waals surface area (Å²) in [4.78, 5) is 41.8. The van der Waals surface area contributed by atoms with E-state index in [1.165, 1.54) is 13.0 Å². The Bertz CT molecular complexity index is 1230. The third-order valence-electron chi connectivity index (χ3n) is 7.75. The molecule has 1 spiro atoms. The fourth-order valence-corrected chi connectivity index (χ4v) is 5.43. The Morgan fingerprint density at radius 2 is 1.79 bits per heavy atom. The highest BCUT2D eigenvalue weighted by Gasteiger charge is 2.46. The van der Waals surface area contributed by atoms with Crippen molar-refractivity contribution in [3.05, 3.63) is 70.6 Å². The van der Waals surface area contributed by atoms with E-state index in [0.29, 0.717) is 17.7 Å². The van der Waals surface area contributed by atoms with Crippen LogP contribution >= 0.6 is 0 Å². The van der Waals surface area contributed by atoms with Crippen LogP contribution in [0, 0.1) is 12.8 Å². The average Bonchev–Trinajstić information content (AvgIpc) is 3.24. The molecule has 0 saturated heterocycles. The van der Waals surface area contributed by atoms with Gasteiger partial charge >= 0.3 is 0 Å². The second kappa shape index (κ2) is 16.2. The van der Waals surface area contributed by atoms with Crippen molar-refractivity contribution in [2.24, 2.45) is 5.73 Å². The molecule has 1 fully saturated rings. The summed E-state index contributed by atoms with van der Waals surface area (Å²) in [5.41, 5.74) is 7.21. The van der Waals surface area contributed by atoms with E-state index in [4.69, 9.17) is 10.5 Å². The number of nitrogens with zero attached hydrogens (tertiary/aromatic N) is 1. The maximum Gasteiger partial charge on any atom is 0.252 e. The van der Waals surface area contributed by atoms with Crippen LogP contribution in [0.25, 0.3) is 0 Å². The number of ether oxygens (including phenoxy) is 1. The molecular formula is C34H47FN4O4. The topological polar surface area (TPSA) is 114 Å². The second-order valence-electron chi connectivity index (χ2n) is 11.7. The minimum absolute atomic E-state index is 0.0419. The molecule has 234 valence electrons. The lowest BCUT2D eigenvalue weighted by Crippen LogP contribution is -2.58. The van der Waals surface area contributed by atoms with Gasteiger partial charge in [-0.1, -0.05) is 55.7 Å². The quantitative estimate of drug-likeness (QED) is 0.244. The van der Waals surface area contributed by atoms with Crippen molar-refractivity contribution < 1.29 is 23.5 Å². The van der Waals surface area contributed by atoms with Crippen LogP contribution in [-0.4, -0.2) is 59.4 Å². The molecule has 1 aromatic carbocycles.